The summed E-state index contributed by atoms with van der Waals surface area (Å²) in [7, 11) is 0. The Labute approximate surface area is 145 Å². The van der Waals surface area contributed by atoms with E-state index in [1.165, 1.54) is 16.9 Å². The molecule has 1 aromatic carbocycles. The number of terminal acetylenes is 1. The average molecular weight is 389 g/mol. The number of halogens is 1. The molecule has 0 atom stereocenters. The van der Waals surface area contributed by atoms with E-state index in [0.29, 0.717) is 16.0 Å². The van der Waals surface area contributed by atoms with E-state index in [2.05, 4.69) is 45.9 Å². The van der Waals surface area contributed by atoms with Gasteiger partial charge in [0.15, 0.2) is 15.2 Å². The maximum absolute atomic E-state index is 12.2. The number of thiazole rings is 1. The van der Waals surface area contributed by atoms with Gasteiger partial charge in [0.05, 0.1) is 16.8 Å². The zero-order chi connectivity index (χ0) is 16.4. The van der Waals surface area contributed by atoms with Gasteiger partial charge in [-0.25, -0.2) is 0 Å². The van der Waals surface area contributed by atoms with E-state index in [1.807, 2.05) is 10.6 Å². The summed E-state index contributed by atoms with van der Waals surface area (Å²) in [5, 5.41) is 0. The molecule has 0 unspecified atom stereocenters. The lowest BCUT2D eigenvalue weighted by Gasteiger charge is -2.00. The van der Waals surface area contributed by atoms with Crippen molar-refractivity contribution in [3.8, 4) is 12.3 Å². The number of fused-ring (bicyclic) bond motifs is 1. The van der Waals surface area contributed by atoms with Crippen LogP contribution in [0.5, 0.6) is 0 Å². The third-order valence-corrected chi connectivity index (χ3v) is 4.85. The molecule has 3 rings (SSSR count). The van der Waals surface area contributed by atoms with E-state index in [4.69, 9.17) is 10.8 Å². The van der Waals surface area contributed by atoms with Gasteiger partial charge in [0, 0.05) is 0 Å². The molecule has 0 fully saturated rings. The maximum Gasteiger partial charge on any atom is 0.315 e. The highest BCUT2D eigenvalue weighted by molar-refractivity contribution is 9.10. The number of rotatable bonds is 3. The fourth-order valence-corrected chi connectivity index (χ4v) is 3.64. The molecule has 1 amide bonds. The second kappa shape index (κ2) is 6.57. The maximum atomic E-state index is 12.2. The van der Waals surface area contributed by atoms with Crippen LogP contribution in [0.4, 0.5) is 0 Å². The lowest BCUT2D eigenvalue weighted by Crippen LogP contribution is -2.16. The largest absolute Gasteiger partial charge is 0.444 e. The molecule has 0 aliphatic rings. The Bertz CT molecular complexity index is 988. The highest BCUT2D eigenvalue weighted by atomic mass is 79.9. The minimum absolute atomic E-state index is 0.191. The fourth-order valence-electron chi connectivity index (χ4n) is 2.24. The summed E-state index contributed by atoms with van der Waals surface area (Å²) in [6.45, 7) is 2.47. The Kier molecular flexibility index (Phi) is 4.51. The Morgan fingerprint density at radius 1 is 1.43 bits per heavy atom. The fraction of sp³-hybridized carbons (Fsp3) is 0.176. The first-order valence-electron chi connectivity index (χ1n) is 7.02. The van der Waals surface area contributed by atoms with Crippen molar-refractivity contribution in [1.82, 2.24) is 4.57 Å². The number of furan rings is 1. The van der Waals surface area contributed by atoms with Crippen molar-refractivity contribution in [1.29, 1.82) is 0 Å². The highest BCUT2D eigenvalue weighted by Crippen LogP contribution is 2.20. The summed E-state index contributed by atoms with van der Waals surface area (Å²) in [4.78, 5) is 17.0. The number of benzene rings is 1. The molecule has 2 aromatic heterocycles. The second-order valence-electron chi connectivity index (χ2n) is 4.85. The molecule has 0 saturated carbocycles. The van der Waals surface area contributed by atoms with E-state index in [9.17, 15) is 4.79 Å². The third-order valence-electron chi connectivity index (χ3n) is 3.39. The standard InChI is InChI=1S/C17H13BrN2O2S/c1-3-9-20-12-6-5-11(4-2)10-14(12)23-17(20)19-16(21)13-7-8-15(18)22-13/h1,5-8,10H,4,9H2,2H3. The Hall–Kier alpha value is -2.10. The van der Waals surface area contributed by atoms with Crippen LogP contribution >= 0.6 is 27.3 Å². The number of aryl methyl sites for hydroxylation is 1. The first-order valence-corrected chi connectivity index (χ1v) is 8.63. The molecular weight excluding hydrogens is 376 g/mol. The van der Waals surface area contributed by atoms with Crippen LogP contribution in [0.3, 0.4) is 0 Å². The molecule has 0 radical (unpaired) electrons. The Morgan fingerprint density at radius 2 is 2.26 bits per heavy atom. The van der Waals surface area contributed by atoms with E-state index >= 15 is 0 Å². The van der Waals surface area contributed by atoms with Crippen molar-refractivity contribution < 1.29 is 9.21 Å². The van der Waals surface area contributed by atoms with Crippen LogP contribution in [-0.2, 0) is 13.0 Å². The van der Waals surface area contributed by atoms with Gasteiger partial charge in [0.2, 0.25) is 0 Å². The van der Waals surface area contributed by atoms with E-state index in [0.717, 1.165) is 16.6 Å². The topological polar surface area (TPSA) is 47.5 Å². The molecule has 0 aliphatic carbocycles. The summed E-state index contributed by atoms with van der Waals surface area (Å²) < 4.78 is 8.69. The molecule has 3 aromatic rings. The van der Waals surface area contributed by atoms with Crippen LogP contribution in [0.25, 0.3) is 10.2 Å². The van der Waals surface area contributed by atoms with E-state index < -0.39 is 5.91 Å². The van der Waals surface area contributed by atoms with Crippen molar-refractivity contribution in [3.05, 3.63) is 51.1 Å². The van der Waals surface area contributed by atoms with E-state index in [-0.39, 0.29) is 5.76 Å². The smallest absolute Gasteiger partial charge is 0.315 e. The number of amides is 1. The molecular formula is C17H13BrN2O2S. The summed E-state index contributed by atoms with van der Waals surface area (Å²) in [5.74, 6) is 2.38. The van der Waals surface area contributed by atoms with Crippen LogP contribution in [0, 0.1) is 12.3 Å². The summed E-state index contributed by atoms with van der Waals surface area (Å²) in [6, 6.07) is 9.45. The molecule has 4 nitrogen and oxygen atoms in total. The SMILES string of the molecule is C#CCn1c(=NC(=O)c2ccc(Br)o2)sc2cc(CC)ccc21. The van der Waals surface area contributed by atoms with Gasteiger partial charge >= 0.3 is 5.91 Å². The predicted octanol–water partition coefficient (Wildman–Crippen LogP) is 4.00. The third kappa shape index (κ3) is 3.16. The second-order valence-corrected chi connectivity index (χ2v) is 6.64. The lowest BCUT2D eigenvalue weighted by molar-refractivity contribution is 0.0970. The van der Waals surface area contributed by atoms with Crippen molar-refractivity contribution in [2.75, 3.05) is 0 Å². The van der Waals surface area contributed by atoms with Crippen LogP contribution in [-0.4, -0.2) is 10.5 Å². The first kappa shape index (κ1) is 15.8. The predicted molar refractivity (Wildman–Crippen MR) is 94.3 cm³/mol. The number of carbonyl (C=O) groups is 1. The van der Waals surface area contributed by atoms with Crippen LogP contribution in [0.15, 0.2) is 44.4 Å². The van der Waals surface area contributed by atoms with Crippen LogP contribution in [0.2, 0.25) is 0 Å². The lowest BCUT2D eigenvalue weighted by atomic mass is 10.2. The van der Waals surface area contributed by atoms with Crippen molar-refractivity contribution in [3.63, 3.8) is 0 Å². The van der Waals surface area contributed by atoms with E-state index in [1.54, 1.807) is 12.1 Å². The summed E-state index contributed by atoms with van der Waals surface area (Å²) >= 11 is 4.63. The van der Waals surface area contributed by atoms with Crippen LogP contribution in [0.1, 0.15) is 23.0 Å². The van der Waals surface area contributed by atoms with Gasteiger partial charge in [-0.05, 0) is 52.2 Å². The molecule has 2 heterocycles. The minimum Gasteiger partial charge on any atom is -0.444 e. The molecule has 0 spiro atoms. The van der Waals surface area contributed by atoms with Crippen molar-refractivity contribution in [2.24, 2.45) is 4.99 Å². The highest BCUT2D eigenvalue weighted by Gasteiger charge is 2.12. The van der Waals surface area contributed by atoms with Gasteiger partial charge in [-0.1, -0.05) is 30.2 Å². The molecule has 23 heavy (non-hydrogen) atoms. The molecule has 6 heteroatoms. The molecule has 0 aliphatic heterocycles. The van der Waals surface area contributed by atoms with Gasteiger partial charge in [-0.2, -0.15) is 4.99 Å². The zero-order valence-electron chi connectivity index (χ0n) is 12.4. The number of hydrogen-bond donors (Lipinski definition) is 0. The van der Waals surface area contributed by atoms with Gasteiger partial charge < -0.3 is 8.98 Å². The van der Waals surface area contributed by atoms with Crippen molar-refractivity contribution >= 4 is 43.4 Å². The number of nitrogens with zero attached hydrogens (tertiary/aromatic N) is 2. The van der Waals surface area contributed by atoms with Gasteiger partial charge in [-0.15, -0.1) is 6.42 Å². The molecule has 0 saturated heterocycles. The molecule has 0 bridgehead atoms. The quantitative estimate of drug-likeness (QED) is 0.636. The number of aromatic nitrogens is 1. The van der Waals surface area contributed by atoms with Gasteiger partial charge in [0.25, 0.3) is 0 Å². The molecule has 116 valence electrons. The molecule has 0 N–H and O–H groups in total. The van der Waals surface area contributed by atoms with Gasteiger partial charge in [-0.3, -0.25) is 4.79 Å². The monoisotopic (exact) mass is 388 g/mol. The Balaban J connectivity index is 2.15. The summed E-state index contributed by atoms with van der Waals surface area (Å²) in [5.41, 5.74) is 2.22. The normalized spacial score (nSPS) is 11.8. The van der Waals surface area contributed by atoms with Gasteiger partial charge in [0.1, 0.15) is 0 Å². The van der Waals surface area contributed by atoms with Crippen LogP contribution < -0.4 is 4.80 Å². The zero-order valence-corrected chi connectivity index (χ0v) is 14.8. The first-order chi connectivity index (χ1) is 11.1. The van der Waals surface area contributed by atoms with Crippen molar-refractivity contribution in [2.45, 2.75) is 19.9 Å². The number of carbonyl (C=O) groups excluding carboxylic acids is 1. The Morgan fingerprint density at radius 3 is 2.91 bits per heavy atom. The number of hydrogen-bond acceptors (Lipinski definition) is 3. The minimum atomic E-state index is -0.427. The average Bonchev–Trinajstić information content (AvgIpc) is 3.11. The summed E-state index contributed by atoms with van der Waals surface area (Å²) in [6.07, 6.45) is 6.42.